The van der Waals surface area contributed by atoms with Gasteiger partial charge in [-0.2, -0.15) is 0 Å². The first-order valence-electron chi connectivity index (χ1n) is 7.87. The summed E-state index contributed by atoms with van der Waals surface area (Å²) in [6.07, 6.45) is 0.890. The van der Waals surface area contributed by atoms with Gasteiger partial charge in [-0.25, -0.2) is 0 Å². The number of rotatable bonds is 4. The Morgan fingerprint density at radius 3 is 2.79 bits per heavy atom. The van der Waals surface area contributed by atoms with E-state index in [9.17, 15) is 4.79 Å². The van der Waals surface area contributed by atoms with Crippen LogP contribution in [0.3, 0.4) is 0 Å². The Morgan fingerprint density at radius 2 is 2.12 bits per heavy atom. The molecule has 3 rings (SSSR count). The molecule has 24 heavy (non-hydrogen) atoms. The molecular weight excluding hydrogens is 365 g/mol. The summed E-state index contributed by atoms with van der Waals surface area (Å²) in [5.74, 6) is -0.160. The van der Waals surface area contributed by atoms with Crippen molar-refractivity contribution >= 4 is 38.0 Å². The summed E-state index contributed by atoms with van der Waals surface area (Å²) in [4.78, 5) is 12.3. The molecule has 3 aromatic rings. The van der Waals surface area contributed by atoms with Gasteiger partial charge in [-0.1, -0.05) is 0 Å². The maximum absolute atomic E-state index is 12.3. The quantitative estimate of drug-likeness (QED) is 0.673. The zero-order valence-electron chi connectivity index (χ0n) is 14.0. The molecule has 0 radical (unpaired) electrons. The second-order valence-corrected chi connectivity index (χ2v) is 6.93. The SMILES string of the molecule is CCCNC(=O)c1nnc2c(-c3cc(C)nn3C)cccc2c1[AsH2]. The van der Waals surface area contributed by atoms with Gasteiger partial charge in [-0.3, -0.25) is 0 Å². The van der Waals surface area contributed by atoms with Crippen molar-refractivity contribution in [3.8, 4) is 11.3 Å². The van der Waals surface area contributed by atoms with E-state index >= 15 is 0 Å². The van der Waals surface area contributed by atoms with Crippen LogP contribution in [0.4, 0.5) is 0 Å². The monoisotopic (exact) mass is 385 g/mol. The Morgan fingerprint density at radius 1 is 1.33 bits per heavy atom. The average molecular weight is 385 g/mol. The Bertz CT molecular complexity index is 919. The first-order valence-corrected chi connectivity index (χ1v) is 9.08. The number of benzene rings is 1. The van der Waals surface area contributed by atoms with Crippen LogP contribution in [0.2, 0.25) is 0 Å². The van der Waals surface area contributed by atoms with Gasteiger partial charge in [0.05, 0.1) is 0 Å². The Kier molecular flexibility index (Phi) is 4.67. The molecule has 1 aromatic carbocycles. The number of hydrogen-bond donors (Lipinski definition) is 1. The number of nitrogens with one attached hydrogen (secondary N) is 1. The Labute approximate surface area is 149 Å². The van der Waals surface area contributed by atoms with Crippen LogP contribution in [0.1, 0.15) is 29.5 Å². The third-order valence-corrected chi connectivity index (χ3v) is 5.09. The van der Waals surface area contributed by atoms with Gasteiger partial charge in [0.1, 0.15) is 0 Å². The van der Waals surface area contributed by atoms with Crippen LogP contribution in [0.15, 0.2) is 24.3 Å². The van der Waals surface area contributed by atoms with Gasteiger partial charge in [-0.15, -0.1) is 0 Å². The molecule has 0 aliphatic heterocycles. The van der Waals surface area contributed by atoms with E-state index in [1.807, 2.05) is 49.8 Å². The van der Waals surface area contributed by atoms with Gasteiger partial charge in [0.25, 0.3) is 0 Å². The molecule has 0 spiro atoms. The summed E-state index contributed by atoms with van der Waals surface area (Å²) >= 11 is 1.38. The van der Waals surface area contributed by atoms with E-state index in [1.54, 1.807) is 0 Å². The Hall–Kier alpha value is -2.20. The van der Waals surface area contributed by atoms with Crippen LogP contribution < -0.4 is 9.67 Å². The molecule has 124 valence electrons. The summed E-state index contributed by atoms with van der Waals surface area (Å²) in [5.41, 5.74) is 4.13. The van der Waals surface area contributed by atoms with Crippen molar-refractivity contribution in [3.63, 3.8) is 0 Å². The molecule has 0 fully saturated rings. The van der Waals surface area contributed by atoms with E-state index in [0.29, 0.717) is 12.2 Å². The molecule has 2 heterocycles. The van der Waals surface area contributed by atoms with E-state index in [1.165, 1.54) is 16.9 Å². The minimum absolute atomic E-state index is 0.160. The van der Waals surface area contributed by atoms with Crippen LogP contribution in [-0.4, -0.2) is 49.3 Å². The molecule has 0 aliphatic carbocycles. The van der Waals surface area contributed by atoms with Crippen LogP contribution in [-0.2, 0) is 7.05 Å². The summed E-state index contributed by atoms with van der Waals surface area (Å²) in [5, 5.41) is 16.8. The molecule has 0 saturated carbocycles. The number of aromatic nitrogens is 4. The van der Waals surface area contributed by atoms with Crippen molar-refractivity contribution in [2.24, 2.45) is 7.05 Å². The molecule has 1 atom stereocenters. The van der Waals surface area contributed by atoms with E-state index in [2.05, 4.69) is 20.6 Å². The number of hydrogen-bond acceptors (Lipinski definition) is 4. The standard InChI is InChI=1S/C17H20AsN5O/c1-4-8-19-17(24)16-14(18)12-7-5-6-11(15(12)20-21-16)13-9-10(2)22-23(13)3/h5-7,9H,4,8,18H2,1-3H3,(H,19,24). The molecule has 0 saturated heterocycles. The molecule has 1 N–H and O–H groups in total. The number of fused-ring (bicyclic) bond motifs is 1. The van der Waals surface area contributed by atoms with Gasteiger partial charge in [0, 0.05) is 0 Å². The van der Waals surface area contributed by atoms with E-state index in [0.717, 1.165) is 38.6 Å². The summed E-state index contributed by atoms with van der Waals surface area (Å²) in [6.45, 7) is 4.62. The third kappa shape index (κ3) is 2.94. The van der Waals surface area contributed by atoms with Crippen molar-refractivity contribution in [3.05, 3.63) is 35.7 Å². The van der Waals surface area contributed by atoms with Crippen molar-refractivity contribution < 1.29 is 4.79 Å². The molecule has 2 aromatic heterocycles. The van der Waals surface area contributed by atoms with Gasteiger partial charge in [0.2, 0.25) is 0 Å². The molecule has 6 nitrogen and oxygen atoms in total. The number of carbonyl (C=O) groups excluding carboxylic acids is 1. The fourth-order valence-electron chi connectivity index (χ4n) is 2.71. The molecule has 1 amide bonds. The summed E-state index contributed by atoms with van der Waals surface area (Å²) in [7, 11) is 1.91. The first kappa shape index (κ1) is 16.6. The average Bonchev–Trinajstić information content (AvgIpc) is 2.91. The van der Waals surface area contributed by atoms with E-state index in [4.69, 9.17) is 0 Å². The predicted molar refractivity (Wildman–Crippen MR) is 97.3 cm³/mol. The third-order valence-electron chi connectivity index (χ3n) is 3.86. The van der Waals surface area contributed by atoms with Crippen LogP contribution in [0, 0.1) is 6.92 Å². The minimum atomic E-state index is -0.160. The first-order chi connectivity index (χ1) is 11.5. The van der Waals surface area contributed by atoms with Crippen molar-refractivity contribution in [1.82, 2.24) is 25.3 Å². The van der Waals surface area contributed by atoms with Gasteiger partial charge in [0.15, 0.2) is 0 Å². The second-order valence-electron chi connectivity index (χ2n) is 5.71. The fourth-order valence-corrected chi connectivity index (χ4v) is 3.59. The zero-order valence-corrected chi connectivity index (χ0v) is 16.4. The fraction of sp³-hybridized carbons (Fsp3) is 0.294. The van der Waals surface area contributed by atoms with Crippen molar-refractivity contribution in [2.75, 3.05) is 6.54 Å². The van der Waals surface area contributed by atoms with Crippen LogP contribution in [0.5, 0.6) is 0 Å². The number of carbonyl (C=O) groups is 1. The van der Waals surface area contributed by atoms with E-state index < -0.39 is 0 Å². The second kappa shape index (κ2) is 6.73. The van der Waals surface area contributed by atoms with E-state index in [-0.39, 0.29) is 5.91 Å². The van der Waals surface area contributed by atoms with Gasteiger partial charge < -0.3 is 0 Å². The molecule has 0 bridgehead atoms. The summed E-state index contributed by atoms with van der Waals surface area (Å²) in [6, 6.07) is 8.01. The van der Waals surface area contributed by atoms with Crippen molar-refractivity contribution in [1.29, 1.82) is 0 Å². The topological polar surface area (TPSA) is 72.7 Å². The van der Waals surface area contributed by atoms with Gasteiger partial charge in [-0.05, 0) is 0 Å². The van der Waals surface area contributed by atoms with Crippen molar-refractivity contribution in [2.45, 2.75) is 20.3 Å². The molecular formula is C17H20AsN5O. The molecule has 1 unspecified atom stereocenters. The zero-order chi connectivity index (χ0) is 17.3. The number of nitrogens with zero attached hydrogens (tertiary/aromatic N) is 4. The Balaban J connectivity index is 2.14. The number of aryl methyl sites for hydroxylation is 2. The molecule has 7 heteroatoms. The van der Waals surface area contributed by atoms with Crippen LogP contribution in [0.25, 0.3) is 22.2 Å². The van der Waals surface area contributed by atoms with Gasteiger partial charge >= 0.3 is 149 Å². The number of amides is 1. The summed E-state index contributed by atoms with van der Waals surface area (Å²) < 4.78 is 2.75. The predicted octanol–water partition coefficient (Wildman–Crippen LogP) is 0.737. The normalized spacial score (nSPS) is 11.0. The van der Waals surface area contributed by atoms with Crippen LogP contribution >= 0.6 is 0 Å². The molecule has 0 aliphatic rings. The maximum atomic E-state index is 12.3.